The number of hydrogen-bond donors (Lipinski definition) is 0. The Bertz CT molecular complexity index is 1400. The van der Waals surface area contributed by atoms with Gasteiger partial charge in [-0.05, 0) is 86.1 Å². The summed E-state index contributed by atoms with van der Waals surface area (Å²) in [4.78, 5) is 25.7. The van der Waals surface area contributed by atoms with Crippen LogP contribution in [0.5, 0.6) is 0 Å². The summed E-state index contributed by atoms with van der Waals surface area (Å²) in [7, 11) is 0. The van der Waals surface area contributed by atoms with Gasteiger partial charge in [0.1, 0.15) is 6.61 Å². The average Bonchev–Trinajstić information content (AvgIpc) is 3.11. The van der Waals surface area contributed by atoms with Crippen molar-refractivity contribution in [2.75, 3.05) is 31.2 Å². The Morgan fingerprint density at radius 3 is 1.53 bits per heavy atom. The molecule has 0 unspecified atom stereocenters. The Morgan fingerprint density at radius 1 is 0.617 bits per heavy atom. The molecule has 0 heterocycles. The number of nitrogens with zero attached hydrogens (tertiary/aromatic N) is 5. The third-order valence-corrected chi connectivity index (χ3v) is 7.61. The third kappa shape index (κ3) is 14.5. The van der Waals surface area contributed by atoms with E-state index in [0.717, 1.165) is 36.8 Å². The maximum atomic E-state index is 12.4. The summed E-state index contributed by atoms with van der Waals surface area (Å²) in [6.45, 7) is 9.79. The van der Waals surface area contributed by atoms with Gasteiger partial charge in [-0.15, -0.1) is 0 Å². The maximum Gasteiger partial charge on any atom is 0.338 e. The smallest absolute Gasteiger partial charge is 0.338 e. The van der Waals surface area contributed by atoms with Crippen LogP contribution in [0.2, 0.25) is 0 Å². The molecule has 9 heteroatoms. The fourth-order valence-electron chi connectivity index (χ4n) is 4.83. The molecular formula is C38H49N5O4. The van der Waals surface area contributed by atoms with Crippen LogP contribution in [-0.4, -0.2) is 38.2 Å². The summed E-state index contributed by atoms with van der Waals surface area (Å²) in [5, 5.41) is 17.2. The molecule has 0 radical (unpaired) electrons. The van der Waals surface area contributed by atoms with Crippen LogP contribution in [0.15, 0.2) is 106 Å². The quantitative estimate of drug-likeness (QED) is 0.0470. The molecule has 0 fully saturated rings. The molecule has 3 aromatic rings. The summed E-state index contributed by atoms with van der Waals surface area (Å²) in [6, 6.07) is 21.9. The number of benzene rings is 3. The SMILES string of the molecule is C=CC(=O)OCCN(CC)c1ccc(N=Nc2ccc(N=Nc3ccc(C(=O)OCCCCCCCCCCCC)cc3)cc2)cc1. The summed E-state index contributed by atoms with van der Waals surface area (Å²) in [6.07, 6.45) is 13.6. The highest BCUT2D eigenvalue weighted by Gasteiger charge is 2.08. The van der Waals surface area contributed by atoms with Crippen molar-refractivity contribution in [3.05, 3.63) is 91.0 Å². The van der Waals surface area contributed by atoms with E-state index in [1.807, 2.05) is 55.5 Å². The molecule has 0 saturated carbocycles. The van der Waals surface area contributed by atoms with Crippen LogP contribution < -0.4 is 4.90 Å². The normalized spacial score (nSPS) is 11.2. The second-order valence-electron chi connectivity index (χ2n) is 11.2. The van der Waals surface area contributed by atoms with Gasteiger partial charge in [-0.3, -0.25) is 0 Å². The summed E-state index contributed by atoms with van der Waals surface area (Å²) in [5.41, 5.74) is 4.24. The minimum atomic E-state index is -0.424. The predicted molar refractivity (Wildman–Crippen MR) is 189 cm³/mol. The highest BCUT2D eigenvalue weighted by atomic mass is 16.5. The van der Waals surface area contributed by atoms with Crippen molar-refractivity contribution in [2.45, 2.75) is 78.1 Å². The fraction of sp³-hybridized carbons (Fsp3) is 0.421. The number of esters is 2. The van der Waals surface area contributed by atoms with Crippen LogP contribution in [0.4, 0.5) is 28.4 Å². The number of hydrogen-bond acceptors (Lipinski definition) is 9. The Morgan fingerprint density at radius 2 is 1.06 bits per heavy atom. The Kier molecular flexibility index (Phi) is 17.2. The Hall–Kier alpha value is -4.66. The number of carbonyl (C=O) groups excluding carboxylic acids is 2. The molecule has 0 aliphatic heterocycles. The standard InChI is InChI=1S/C38H49N5O4/c1-4-7-8-9-10-11-12-13-14-15-29-47-38(45)31-16-18-32(19-17-31)39-40-33-20-22-34(23-21-33)41-42-35-24-26-36(27-25-35)43(6-3)28-30-46-37(44)5-2/h5,16-27H,2,4,6-15,28-30H2,1,3H3. The van der Waals surface area contributed by atoms with Gasteiger partial charge in [0.15, 0.2) is 0 Å². The molecule has 3 aromatic carbocycles. The molecule has 0 bridgehead atoms. The largest absolute Gasteiger partial charge is 0.462 e. The van der Waals surface area contributed by atoms with Crippen LogP contribution >= 0.6 is 0 Å². The van der Waals surface area contributed by atoms with Crippen molar-refractivity contribution in [2.24, 2.45) is 20.5 Å². The average molecular weight is 640 g/mol. The molecule has 0 aromatic heterocycles. The van der Waals surface area contributed by atoms with E-state index in [-0.39, 0.29) is 12.6 Å². The van der Waals surface area contributed by atoms with Gasteiger partial charge in [0.25, 0.3) is 0 Å². The van der Waals surface area contributed by atoms with Crippen LogP contribution in [0.25, 0.3) is 0 Å². The lowest BCUT2D eigenvalue weighted by Gasteiger charge is -2.22. The zero-order valence-corrected chi connectivity index (χ0v) is 28.0. The highest BCUT2D eigenvalue weighted by Crippen LogP contribution is 2.25. The molecule has 250 valence electrons. The predicted octanol–water partition coefficient (Wildman–Crippen LogP) is 11.2. The molecule has 0 amide bonds. The zero-order chi connectivity index (χ0) is 33.5. The minimum absolute atomic E-state index is 0.290. The monoisotopic (exact) mass is 639 g/mol. The first-order chi connectivity index (χ1) is 23.0. The van der Waals surface area contributed by atoms with Gasteiger partial charge < -0.3 is 14.4 Å². The van der Waals surface area contributed by atoms with Crippen molar-refractivity contribution in [3.63, 3.8) is 0 Å². The first-order valence-electron chi connectivity index (χ1n) is 16.9. The fourth-order valence-corrected chi connectivity index (χ4v) is 4.83. The van der Waals surface area contributed by atoms with Gasteiger partial charge in [0.2, 0.25) is 0 Å². The van der Waals surface area contributed by atoms with E-state index >= 15 is 0 Å². The summed E-state index contributed by atoms with van der Waals surface area (Å²) in [5.74, 6) is -0.732. The molecule has 0 aliphatic carbocycles. The van der Waals surface area contributed by atoms with E-state index in [4.69, 9.17) is 9.47 Å². The van der Waals surface area contributed by atoms with Gasteiger partial charge in [0.05, 0.1) is 41.5 Å². The molecule has 0 N–H and O–H groups in total. The second-order valence-corrected chi connectivity index (χ2v) is 11.2. The van der Waals surface area contributed by atoms with Crippen molar-refractivity contribution < 1.29 is 19.1 Å². The lowest BCUT2D eigenvalue weighted by Crippen LogP contribution is -2.27. The number of carbonyl (C=O) groups is 2. The lowest BCUT2D eigenvalue weighted by molar-refractivity contribution is -0.137. The topological polar surface area (TPSA) is 105 Å². The Balaban J connectivity index is 1.37. The zero-order valence-electron chi connectivity index (χ0n) is 28.0. The molecule has 0 aliphatic rings. The number of unbranched alkanes of at least 4 members (excludes halogenated alkanes) is 9. The van der Waals surface area contributed by atoms with Crippen LogP contribution in [0.3, 0.4) is 0 Å². The molecule has 3 rings (SSSR count). The lowest BCUT2D eigenvalue weighted by atomic mass is 10.1. The van der Waals surface area contributed by atoms with E-state index in [0.29, 0.717) is 35.8 Å². The molecule has 0 atom stereocenters. The maximum absolute atomic E-state index is 12.4. The minimum Gasteiger partial charge on any atom is -0.462 e. The van der Waals surface area contributed by atoms with Gasteiger partial charge in [0, 0.05) is 18.3 Å². The van der Waals surface area contributed by atoms with Crippen molar-refractivity contribution in [1.82, 2.24) is 0 Å². The second kappa shape index (κ2) is 22.0. The van der Waals surface area contributed by atoms with E-state index in [2.05, 4.69) is 38.9 Å². The van der Waals surface area contributed by atoms with E-state index < -0.39 is 5.97 Å². The number of likely N-dealkylation sites (N-methyl/N-ethyl adjacent to an activating group) is 1. The molecular weight excluding hydrogens is 590 g/mol. The number of azo groups is 2. The van der Waals surface area contributed by atoms with E-state index in [1.165, 1.54) is 51.4 Å². The van der Waals surface area contributed by atoms with Gasteiger partial charge >= 0.3 is 11.9 Å². The molecule has 0 spiro atoms. The number of anilines is 1. The molecule has 9 nitrogen and oxygen atoms in total. The Labute approximate surface area is 279 Å². The highest BCUT2D eigenvalue weighted by molar-refractivity contribution is 5.89. The van der Waals surface area contributed by atoms with E-state index in [9.17, 15) is 9.59 Å². The summed E-state index contributed by atoms with van der Waals surface area (Å²) >= 11 is 0. The van der Waals surface area contributed by atoms with Gasteiger partial charge in [-0.25, -0.2) is 9.59 Å². The van der Waals surface area contributed by atoms with Crippen molar-refractivity contribution in [1.29, 1.82) is 0 Å². The number of rotatable bonds is 22. The van der Waals surface area contributed by atoms with Crippen molar-refractivity contribution in [3.8, 4) is 0 Å². The molecule has 0 saturated heterocycles. The van der Waals surface area contributed by atoms with Crippen molar-refractivity contribution >= 4 is 40.4 Å². The summed E-state index contributed by atoms with van der Waals surface area (Å²) < 4.78 is 10.5. The van der Waals surface area contributed by atoms with Gasteiger partial charge in [-0.2, -0.15) is 20.5 Å². The van der Waals surface area contributed by atoms with Crippen LogP contribution in [0.1, 0.15) is 88.4 Å². The van der Waals surface area contributed by atoms with Gasteiger partial charge in [-0.1, -0.05) is 71.3 Å². The van der Waals surface area contributed by atoms with E-state index in [1.54, 1.807) is 24.3 Å². The first-order valence-corrected chi connectivity index (χ1v) is 16.9. The third-order valence-electron chi connectivity index (χ3n) is 7.61. The number of ether oxygens (including phenoxy) is 2. The first kappa shape index (κ1) is 36.8. The molecule has 47 heavy (non-hydrogen) atoms. The van der Waals surface area contributed by atoms with Crippen LogP contribution in [0, 0.1) is 0 Å². The van der Waals surface area contributed by atoms with Crippen LogP contribution in [-0.2, 0) is 14.3 Å².